The van der Waals surface area contributed by atoms with Gasteiger partial charge in [0.25, 0.3) is 0 Å². The molecule has 0 saturated heterocycles. The summed E-state index contributed by atoms with van der Waals surface area (Å²) in [4.78, 5) is 16.8. The van der Waals surface area contributed by atoms with Crippen molar-refractivity contribution in [1.82, 2.24) is 4.98 Å². The third-order valence-corrected chi connectivity index (χ3v) is 5.01. The summed E-state index contributed by atoms with van der Waals surface area (Å²) in [5.41, 5.74) is 2.58. The molecular weight excluding hydrogens is 376 g/mol. The minimum atomic E-state index is -0.0893. The molecule has 6 nitrogen and oxygen atoms in total. The minimum Gasteiger partial charge on any atom is -0.497 e. The largest absolute Gasteiger partial charge is 0.497 e. The molecule has 0 atom stereocenters. The number of hydrogen-bond donors (Lipinski definition) is 1. The fraction of sp³-hybridized carbons (Fsp3) is 0.238. The van der Waals surface area contributed by atoms with E-state index in [2.05, 4.69) is 10.3 Å². The summed E-state index contributed by atoms with van der Waals surface area (Å²) in [6.07, 6.45) is 0.946. The SMILES string of the molecule is COc1ccc(-c2csc(NC(=O)CCc3ccccc3OC)n2)c(OC)c1. The Morgan fingerprint density at radius 3 is 2.57 bits per heavy atom. The molecule has 1 heterocycles. The van der Waals surface area contributed by atoms with Gasteiger partial charge in [-0.1, -0.05) is 18.2 Å². The highest BCUT2D eigenvalue weighted by molar-refractivity contribution is 7.14. The Morgan fingerprint density at radius 1 is 1.04 bits per heavy atom. The molecule has 0 aliphatic heterocycles. The predicted octanol–water partition coefficient (Wildman–Crippen LogP) is 4.41. The van der Waals surface area contributed by atoms with Crippen LogP contribution in [0.3, 0.4) is 0 Å². The number of amides is 1. The number of carbonyl (C=O) groups excluding carboxylic acids is 1. The number of carbonyl (C=O) groups is 1. The van der Waals surface area contributed by atoms with Crippen molar-refractivity contribution in [2.75, 3.05) is 26.6 Å². The average molecular weight is 398 g/mol. The zero-order valence-corrected chi connectivity index (χ0v) is 16.8. The van der Waals surface area contributed by atoms with Crippen LogP contribution < -0.4 is 19.5 Å². The van der Waals surface area contributed by atoms with Crippen LogP contribution in [-0.4, -0.2) is 32.2 Å². The first-order chi connectivity index (χ1) is 13.6. The quantitative estimate of drug-likeness (QED) is 0.609. The highest BCUT2D eigenvalue weighted by atomic mass is 32.1. The molecule has 0 unspecified atom stereocenters. The molecule has 28 heavy (non-hydrogen) atoms. The van der Waals surface area contributed by atoms with Gasteiger partial charge in [0, 0.05) is 23.4 Å². The average Bonchev–Trinajstić information content (AvgIpc) is 3.19. The van der Waals surface area contributed by atoms with Gasteiger partial charge in [0.1, 0.15) is 17.2 Å². The number of anilines is 1. The Morgan fingerprint density at radius 2 is 1.82 bits per heavy atom. The van der Waals surface area contributed by atoms with Crippen LogP contribution in [0.5, 0.6) is 17.2 Å². The van der Waals surface area contributed by atoms with E-state index in [1.54, 1.807) is 27.4 Å². The van der Waals surface area contributed by atoms with Gasteiger partial charge >= 0.3 is 0 Å². The molecule has 1 N–H and O–H groups in total. The van der Waals surface area contributed by atoms with Gasteiger partial charge in [-0.15, -0.1) is 11.3 Å². The van der Waals surface area contributed by atoms with Gasteiger partial charge in [0.15, 0.2) is 5.13 Å². The van der Waals surface area contributed by atoms with Crippen LogP contribution in [0.4, 0.5) is 5.13 Å². The number of hydrogen-bond acceptors (Lipinski definition) is 6. The van der Waals surface area contributed by atoms with Crippen LogP contribution in [0.1, 0.15) is 12.0 Å². The lowest BCUT2D eigenvalue weighted by atomic mass is 10.1. The van der Waals surface area contributed by atoms with Crippen LogP contribution >= 0.6 is 11.3 Å². The number of aromatic nitrogens is 1. The third-order valence-electron chi connectivity index (χ3n) is 4.25. The van der Waals surface area contributed by atoms with Crippen LogP contribution in [0.2, 0.25) is 0 Å². The summed E-state index contributed by atoms with van der Waals surface area (Å²) in [6, 6.07) is 13.2. The molecule has 1 amide bonds. The summed E-state index contributed by atoms with van der Waals surface area (Å²) in [5, 5.41) is 5.30. The highest BCUT2D eigenvalue weighted by Gasteiger charge is 2.13. The monoisotopic (exact) mass is 398 g/mol. The van der Waals surface area contributed by atoms with E-state index >= 15 is 0 Å². The molecule has 0 aliphatic carbocycles. The number of nitrogens with one attached hydrogen (secondary N) is 1. The van der Waals surface area contributed by atoms with Crippen LogP contribution in [-0.2, 0) is 11.2 Å². The summed E-state index contributed by atoms with van der Waals surface area (Å²) < 4.78 is 16.0. The lowest BCUT2D eigenvalue weighted by molar-refractivity contribution is -0.116. The molecule has 3 rings (SSSR count). The smallest absolute Gasteiger partial charge is 0.226 e. The number of thiazole rings is 1. The van der Waals surface area contributed by atoms with Crippen molar-refractivity contribution < 1.29 is 19.0 Å². The number of aryl methyl sites for hydroxylation is 1. The molecular formula is C21H22N2O4S. The minimum absolute atomic E-state index is 0.0893. The van der Waals surface area contributed by atoms with E-state index in [0.717, 1.165) is 22.6 Å². The standard InChI is InChI=1S/C21H22N2O4S/c1-25-15-9-10-16(19(12-15)27-3)17-13-28-21(22-17)23-20(24)11-8-14-6-4-5-7-18(14)26-2/h4-7,9-10,12-13H,8,11H2,1-3H3,(H,22,23,24). The Balaban J connectivity index is 1.65. The topological polar surface area (TPSA) is 69.7 Å². The summed E-state index contributed by atoms with van der Waals surface area (Å²) in [5.74, 6) is 2.08. The maximum atomic E-state index is 12.3. The Labute approximate surface area is 168 Å². The number of ether oxygens (including phenoxy) is 3. The Bertz CT molecular complexity index is 955. The second-order valence-corrected chi connectivity index (χ2v) is 6.82. The van der Waals surface area contributed by atoms with Gasteiger partial charge in [-0.2, -0.15) is 0 Å². The lowest BCUT2D eigenvalue weighted by Gasteiger charge is -2.08. The molecule has 0 aliphatic rings. The first-order valence-electron chi connectivity index (χ1n) is 8.74. The normalized spacial score (nSPS) is 10.4. The van der Waals surface area contributed by atoms with Crippen molar-refractivity contribution >= 4 is 22.4 Å². The number of para-hydroxylation sites is 1. The first-order valence-corrected chi connectivity index (χ1v) is 9.62. The van der Waals surface area contributed by atoms with E-state index in [-0.39, 0.29) is 5.91 Å². The first kappa shape index (κ1) is 19.7. The van der Waals surface area contributed by atoms with E-state index in [1.165, 1.54) is 11.3 Å². The highest BCUT2D eigenvalue weighted by Crippen LogP contribution is 2.34. The Hall–Kier alpha value is -3.06. The number of methoxy groups -OCH3 is 3. The number of rotatable bonds is 8. The van der Waals surface area contributed by atoms with Crippen LogP contribution in [0, 0.1) is 0 Å². The molecule has 0 saturated carbocycles. The van der Waals surface area contributed by atoms with Gasteiger partial charge in [-0.3, -0.25) is 4.79 Å². The maximum Gasteiger partial charge on any atom is 0.226 e. The molecule has 3 aromatic rings. The van der Waals surface area contributed by atoms with Crippen molar-refractivity contribution in [2.45, 2.75) is 12.8 Å². The van der Waals surface area contributed by atoms with Crippen molar-refractivity contribution in [1.29, 1.82) is 0 Å². The van der Waals surface area contributed by atoms with Gasteiger partial charge in [-0.25, -0.2) is 4.98 Å². The maximum absolute atomic E-state index is 12.3. The van der Waals surface area contributed by atoms with Gasteiger partial charge in [0.2, 0.25) is 5.91 Å². The van der Waals surface area contributed by atoms with E-state index in [0.29, 0.717) is 29.5 Å². The van der Waals surface area contributed by atoms with Gasteiger partial charge < -0.3 is 19.5 Å². The fourth-order valence-electron chi connectivity index (χ4n) is 2.80. The zero-order valence-electron chi connectivity index (χ0n) is 16.0. The van der Waals surface area contributed by atoms with Crippen LogP contribution in [0.15, 0.2) is 47.8 Å². The second kappa shape index (κ2) is 9.23. The zero-order chi connectivity index (χ0) is 19.9. The molecule has 7 heteroatoms. The molecule has 2 aromatic carbocycles. The summed E-state index contributed by atoms with van der Waals surface area (Å²) in [7, 11) is 4.84. The van der Waals surface area contributed by atoms with E-state index in [1.807, 2.05) is 41.8 Å². The van der Waals surface area contributed by atoms with Crippen molar-refractivity contribution in [3.8, 4) is 28.5 Å². The number of nitrogens with zero attached hydrogens (tertiary/aromatic N) is 1. The fourth-order valence-corrected chi connectivity index (χ4v) is 3.53. The Kier molecular flexibility index (Phi) is 6.49. The molecule has 0 bridgehead atoms. The lowest BCUT2D eigenvalue weighted by Crippen LogP contribution is -2.12. The predicted molar refractivity (Wildman–Crippen MR) is 111 cm³/mol. The van der Waals surface area contributed by atoms with Gasteiger partial charge in [0.05, 0.1) is 27.0 Å². The summed E-state index contributed by atoms with van der Waals surface area (Å²) in [6.45, 7) is 0. The molecule has 0 radical (unpaired) electrons. The summed E-state index contributed by atoms with van der Waals surface area (Å²) >= 11 is 1.38. The third kappa shape index (κ3) is 4.61. The van der Waals surface area contributed by atoms with E-state index in [9.17, 15) is 4.79 Å². The molecule has 1 aromatic heterocycles. The molecule has 0 spiro atoms. The molecule has 146 valence electrons. The van der Waals surface area contributed by atoms with Gasteiger partial charge in [-0.05, 0) is 30.2 Å². The van der Waals surface area contributed by atoms with Crippen molar-refractivity contribution in [3.05, 3.63) is 53.4 Å². The number of benzene rings is 2. The van der Waals surface area contributed by atoms with E-state index < -0.39 is 0 Å². The second-order valence-electron chi connectivity index (χ2n) is 5.96. The molecule has 0 fully saturated rings. The van der Waals surface area contributed by atoms with Crippen molar-refractivity contribution in [3.63, 3.8) is 0 Å². The van der Waals surface area contributed by atoms with E-state index in [4.69, 9.17) is 14.2 Å². The van der Waals surface area contributed by atoms with Crippen LogP contribution in [0.25, 0.3) is 11.3 Å². The van der Waals surface area contributed by atoms with Crippen molar-refractivity contribution in [2.24, 2.45) is 0 Å².